The summed E-state index contributed by atoms with van der Waals surface area (Å²) in [6.07, 6.45) is 1.22. The molecule has 1 N–H and O–H groups in total. The summed E-state index contributed by atoms with van der Waals surface area (Å²) in [5.41, 5.74) is 0.919. The molecule has 0 aromatic heterocycles. The molecule has 0 spiro atoms. The lowest BCUT2D eigenvalue weighted by Gasteiger charge is -2.29. The van der Waals surface area contributed by atoms with Crippen LogP contribution in [-0.4, -0.2) is 42.6 Å². The summed E-state index contributed by atoms with van der Waals surface area (Å²) in [7, 11) is 3.33. The summed E-state index contributed by atoms with van der Waals surface area (Å²) in [4.78, 5) is 36.8. The van der Waals surface area contributed by atoms with Gasteiger partial charge in [0.2, 0.25) is 0 Å². The van der Waals surface area contributed by atoms with Gasteiger partial charge in [0.15, 0.2) is 5.57 Å². The fourth-order valence-corrected chi connectivity index (χ4v) is 1.90. The number of nitrogens with zero attached hydrogens (tertiary/aromatic N) is 1. The van der Waals surface area contributed by atoms with E-state index in [4.69, 9.17) is 9.47 Å². The van der Waals surface area contributed by atoms with Gasteiger partial charge in [0.05, 0.1) is 0 Å². The third-order valence-corrected chi connectivity index (χ3v) is 3.04. The molecule has 1 heterocycles. The van der Waals surface area contributed by atoms with Crippen LogP contribution in [0.1, 0.15) is 24.2 Å². The van der Waals surface area contributed by atoms with E-state index < -0.39 is 17.7 Å². The molecule has 7 nitrogen and oxygen atoms in total. The van der Waals surface area contributed by atoms with Gasteiger partial charge in [-0.1, -0.05) is 0 Å². The Morgan fingerprint density at radius 2 is 1.61 bits per heavy atom. The summed E-state index contributed by atoms with van der Waals surface area (Å²) >= 11 is 0. The van der Waals surface area contributed by atoms with Crippen LogP contribution in [0.3, 0.4) is 0 Å². The van der Waals surface area contributed by atoms with Crippen molar-refractivity contribution in [1.82, 2.24) is 4.90 Å². The van der Waals surface area contributed by atoms with E-state index in [9.17, 15) is 14.4 Å². The van der Waals surface area contributed by atoms with Crippen molar-refractivity contribution >= 4 is 23.5 Å². The largest absolute Gasteiger partial charge is 0.419 e. The average molecular weight is 318 g/mol. The maximum absolute atomic E-state index is 11.8. The third-order valence-electron chi connectivity index (χ3n) is 3.04. The Morgan fingerprint density at radius 1 is 1.09 bits per heavy atom. The van der Waals surface area contributed by atoms with Gasteiger partial charge < -0.3 is 19.7 Å². The normalized spacial score (nSPS) is 16.3. The van der Waals surface area contributed by atoms with Gasteiger partial charge in [0.1, 0.15) is 0 Å². The van der Waals surface area contributed by atoms with Crippen molar-refractivity contribution in [2.45, 2.75) is 19.6 Å². The van der Waals surface area contributed by atoms with Crippen molar-refractivity contribution < 1.29 is 23.9 Å². The lowest BCUT2D eigenvalue weighted by atomic mass is 10.2. The summed E-state index contributed by atoms with van der Waals surface area (Å²) in [6, 6.07) is 6.61. The van der Waals surface area contributed by atoms with Crippen molar-refractivity contribution in [1.29, 1.82) is 0 Å². The van der Waals surface area contributed by atoms with Gasteiger partial charge in [-0.25, -0.2) is 9.59 Å². The average Bonchev–Trinajstić information content (AvgIpc) is 2.45. The van der Waals surface area contributed by atoms with Crippen LogP contribution in [0.15, 0.2) is 36.0 Å². The van der Waals surface area contributed by atoms with Gasteiger partial charge in [-0.05, 0) is 24.3 Å². The molecule has 1 aliphatic rings. The van der Waals surface area contributed by atoms with Crippen LogP contribution >= 0.6 is 0 Å². The highest BCUT2D eigenvalue weighted by atomic mass is 16.7. The van der Waals surface area contributed by atoms with E-state index in [1.807, 2.05) is 0 Å². The van der Waals surface area contributed by atoms with E-state index in [0.29, 0.717) is 11.3 Å². The number of nitrogens with one attached hydrogen (secondary N) is 1. The quantitative estimate of drug-likeness (QED) is 0.517. The van der Waals surface area contributed by atoms with Crippen molar-refractivity contribution in [3.05, 3.63) is 41.6 Å². The Hall–Kier alpha value is -2.83. The van der Waals surface area contributed by atoms with Gasteiger partial charge in [0.25, 0.3) is 11.7 Å². The van der Waals surface area contributed by atoms with Gasteiger partial charge in [-0.2, -0.15) is 0 Å². The van der Waals surface area contributed by atoms with E-state index in [-0.39, 0.29) is 11.5 Å². The zero-order valence-electron chi connectivity index (χ0n) is 13.4. The molecule has 0 unspecified atom stereocenters. The first kappa shape index (κ1) is 16.5. The predicted molar refractivity (Wildman–Crippen MR) is 82.4 cm³/mol. The molecule has 1 fully saturated rings. The molecule has 1 aromatic rings. The predicted octanol–water partition coefficient (Wildman–Crippen LogP) is 1.52. The van der Waals surface area contributed by atoms with E-state index >= 15 is 0 Å². The zero-order valence-corrected chi connectivity index (χ0v) is 13.4. The molecule has 1 saturated heterocycles. The molecular formula is C16H18N2O5. The number of hydrogen-bond acceptors (Lipinski definition) is 6. The maximum Gasteiger partial charge on any atom is 0.350 e. The van der Waals surface area contributed by atoms with E-state index in [0.717, 1.165) is 0 Å². The summed E-state index contributed by atoms with van der Waals surface area (Å²) in [5.74, 6) is -2.88. The Balaban J connectivity index is 2.10. The number of ether oxygens (including phenoxy) is 2. The smallest absolute Gasteiger partial charge is 0.350 e. The summed E-state index contributed by atoms with van der Waals surface area (Å²) < 4.78 is 9.96. The number of carbonyl (C=O) groups excluding carboxylic acids is 3. The minimum atomic E-state index is -1.26. The Kier molecular flexibility index (Phi) is 4.40. The highest BCUT2D eigenvalue weighted by Crippen LogP contribution is 2.22. The monoisotopic (exact) mass is 318 g/mol. The minimum absolute atomic E-state index is 0.114. The molecule has 7 heteroatoms. The molecule has 1 aliphatic heterocycles. The van der Waals surface area contributed by atoms with E-state index in [1.54, 1.807) is 38.4 Å². The van der Waals surface area contributed by atoms with Gasteiger partial charge in [-0.15, -0.1) is 0 Å². The first-order valence-electron chi connectivity index (χ1n) is 6.95. The van der Waals surface area contributed by atoms with Crippen molar-refractivity contribution in [3.63, 3.8) is 0 Å². The molecule has 0 radical (unpaired) electrons. The van der Waals surface area contributed by atoms with Crippen LogP contribution in [0, 0.1) is 0 Å². The molecule has 0 bridgehead atoms. The molecule has 0 atom stereocenters. The Labute approximate surface area is 133 Å². The number of benzene rings is 1. The van der Waals surface area contributed by atoms with Gasteiger partial charge in [0, 0.05) is 45.4 Å². The maximum atomic E-state index is 11.8. The molecule has 0 saturated carbocycles. The standard InChI is InChI=1S/C16H18N2O5/c1-16(2)22-14(20)12(15(21)23-16)9-17-11-7-5-10(6-8-11)13(19)18(3)4/h5-9,17H,1-4H3. The van der Waals surface area contributed by atoms with Crippen LogP contribution in [0.25, 0.3) is 0 Å². The number of carbonyl (C=O) groups is 3. The fraction of sp³-hybridized carbons (Fsp3) is 0.312. The number of amides is 1. The highest BCUT2D eigenvalue weighted by Gasteiger charge is 2.38. The molecule has 2 rings (SSSR count). The molecule has 1 aromatic carbocycles. The first-order valence-corrected chi connectivity index (χ1v) is 6.95. The van der Waals surface area contributed by atoms with Crippen LogP contribution in [0.2, 0.25) is 0 Å². The second-order valence-corrected chi connectivity index (χ2v) is 5.66. The zero-order chi connectivity index (χ0) is 17.2. The van der Waals surface area contributed by atoms with Crippen LogP contribution in [-0.2, 0) is 19.1 Å². The SMILES string of the molecule is CN(C)C(=O)c1ccc(NC=C2C(=O)OC(C)(C)OC2=O)cc1. The summed E-state index contributed by atoms with van der Waals surface area (Å²) in [5, 5.41) is 2.81. The van der Waals surface area contributed by atoms with Crippen LogP contribution in [0.5, 0.6) is 0 Å². The van der Waals surface area contributed by atoms with Gasteiger partial charge >= 0.3 is 11.9 Å². The highest BCUT2D eigenvalue weighted by molar-refractivity contribution is 6.15. The topological polar surface area (TPSA) is 84.9 Å². The summed E-state index contributed by atoms with van der Waals surface area (Å²) in [6.45, 7) is 2.96. The molecule has 0 aliphatic carbocycles. The second kappa shape index (κ2) is 6.12. The molecular weight excluding hydrogens is 300 g/mol. The Bertz CT molecular complexity index is 652. The molecule has 1 amide bonds. The third kappa shape index (κ3) is 3.88. The van der Waals surface area contributed by atoms with Crippen LogP contribution < -0.4 is 5.32 Å². The molecule has 23 heavy (non-hydrogen) atoms. The van der Waals surface area contributed by atoms with E-state index in [2.05, 4.69) is 5.32 Å². The minimum Gasteiger partial charge on any atom is -0.419 e. The lowest BCUT2D eigenvalue weighted by molar-refractivity contribution is -0.222. The first-order chi connectivity index (χ1) is 10.7. The second-order valence-electron chi connectivity index (χ2n) is 5.66. The number of anilines is 1. The number of esters is 2. The van der Waals surface area contributed by atoms with Gasteiger partial charge in [-0.3, -0.25) is 4.79 Å². The van der Waals surface area contributed by atoms with Crippen molar-refractivity contribution in [2.24, 2.45) is 0 Å². The van der Waals surface area contributed by atoms with Crippen LogP contribution in [0.4, 0.5) is 5.69 Å². The number of rotatable bonds is 3. The lowest BCUT2D eigenvalue weighted by Crippen LogP contribution is -2.42. The van der Waals surface area contributed by atoms with E-state index in [1.165, 1.54) is 24.9 Å². The number of hydrogen-bond donors (Lipinski definition) is 1. The Morgan fingerprint density at radius 3 is 2.09 bits per heavy atom. The van der Waals surface area contributed by atoms with Crippen molar-refractivity contribution in [3.8, 4) is 0 Å². The molecule has 122 valence electrons. The number of cyclic esters (lactones) is 2. The fourth-order valence-electron chi connectivity index (χ4n) is 1.90. The van der Waals surface area contributed by atoms with Crippen molar-refractivity contribution in [2.75, 3.05) is 19.4 Å².